The Morgan fingerprint density at radius 3 is 2.41 bits per heavy atom. The highest BCUT2D eigenvalue weighted by molar-refractivity contribution is 14.1. The Bertz CT molecular complexity index is 1840. The molecule has 3 aromatic carbocycles. The number of Topliss-reactive ketones (excluding diaryl/α,β-unsaturated/α-hetero) is 1. The fourth-order valence-electron chi connectivity index (χ4n) is 7.18. The Morgan fingerprint density at radius 2 is 1.68 bits per heavy atom. The van der Waals surface area contributed by atoms with Crippen LogP contribution in [0.3, 0.4) is 0 Å². The fraction of sp³-hybridized carbons (Fsp3) is 0.222. The van der Waals surface area contributed by atoms with Crippen molar-refractivity contribution in [3.8, 4) is 11.5 Å². The Kier molecular flexibility index (Phi) is 7.11. The predicted octanol–water partition coefficient (Wildman–Crippen LogP) is 6.21. The Morgan fingerprint density at radius 1 is 0.932 bits per heavy atom. The molecular formula is C36H28INO6. The zero-order valence-electron chi connectivity index (χ0n) is 23.8. The van der Waals surface area contributed by atoms with Gasteiger partial charge >= 0.3 is 0 Å². The monoisotopic (exact) mass is 697 g/mol. The quantitative estimate of drug-likeness (QED) is 0.147. The van der Waals surface area contributed by atoms with E-state index in [2.05, 4.69) is 22.6 Å². The van der Waals surface area contributed by atoms with E-state index in [1.54, 1.807) is 31.2 Å². The second-order valence-electron chi connectivity index (χ2n) is 11.7. The molecular weight excluding hydrogens is 669 g/mol. The molecule has 0 radical (unpaired) electrons. The largest absolute Gasteiger partial charge is 0.507 e. The lowest BCUT2D eigenvalue weighted by molar-refractivity contribution is -0.123. The summed E-state index contributed by atoms with van der Waals surface area (Å²) >= 11 is 2.18. The molecule has 0 saturated carbocycles. The summed E-state index contributed by atoms with van der Waals surface area (Å²) in [5.41, 5.74) is 3.79. The van der Waals surface area contributed by atoms with E-state index in [4.69, 9.17) is 4.74 Å². The zero-order chi connectivity index (χ0) is 30.7. The normalized spacial score (nSPS) is 24.5. The molecule has 2 amide bonds. The molecule has 1 heterocycles. The van der Waals surface area contributed by atoms with Gasteiger partial charge in [0.25, 0.3) is 0 Å². The summed E-state index contributed by atoms with van der Waals surface area (Å²) < 4.78 is 6.91. The number of phenolic OH excluding ortho intramolecular Hbond substituents is 1. The first-order valence-corrected chi connectivity index (χ1v) is 15.6. The molecule has 0 aromatic heterocycles. The van der Waals surface area contributed by atoms with Crippen molar-refractivity contribution in [3.63, 3.8) is 0 Å². The molecule has 3 aliphatic carbocycles. The van der Waals surface area contributed by atoms with Crippen molar-refractivity contribution in [2.24, 2.45) is 17.8 Å². The zero-order valence-corrected chi connectivity index (χ0v) is 26.0. The van der Waals surface area contributed by atoms with Crippen LogP contribution in [0.25, 0.3) is 0 Å². The molecule has 1 aliphatic heterocycles. The van der Waals surface area contributed by atoms with Crippen molar-refractivity contribution in [2.45, 2.75) is 32.3 Å². The van der Waals surface area contributed by atoms with Crippen LogP contribution in [-0.2, 0) is 25.8 Å². The van der Waals surface area contributed by atoms with Crippen molar-refractivity contribution in [3.05, 3.63) is 122 Å². The van der Waals surface area contributed by atoms with E-state index in [-0.39, 0.29) is 35.6 Å². The maximum Gasteiger partial charge on any atom is 0.238 e. The SMILES string of the molecule is CC1=CC(=O)C2=C(CC3C(=CCC4C(=O)N(c5ccc(I)cc5)C(=O)C43)C2c2ccc(OCc3ccccc3)cc2O)C1=O. The maximum absolute atomic E-state index is 14.0. The summed E-state index contributed by atoms with van der Waals surface area (Å²) in [5, 5.41) is 11.3. The Hall–Kier alpha value is -4.31. The van der Waals surface area contributed by atoms with E-state index in [1.165, 1.54) is 17.0 Å². The number of allylic oxidation sites excluding steroid dienone is 6. The number of ketones is 2. The highest BCUT2D eigenvalue weighted by Crippen LogP contribution is 2.56. The fourth-order valence-corrected chi connectivity index (χ4v) is 7.54. The van der Waals surface area contributed by atoms with Gasteiger partial charge in [-0.1, -0.05) is 48.0 Å². The Balaban J connectivity index is 1.28. The number of phenols is 1. The minimum absolute atomic E-state index is 0.0723. The van der Waals surface area contributed by atoms with Gasteiger partial charge < -0.3 is 9.84 Å². The average molecular weight is 698 g/mol. The minimum Gasteiger partial charge on any atom is -0.507 e. The van der Waals surface area contributed by atoms with E-state index in [0.717, 1.165) is 14.7 Å². The van der Waals surface area contributed by atoms with E-state index in [0.29, 0.717) is 46.7 Å². The van der Waals surface area contributed by atoms with Crippen LogP contribution >= 0.6 is 22.6 Å². The number of ether oxygens (including phenoxy) is 1. The minimum atomic E-state index is -0.732. The number of aromatic hydroxyl groups is 1. The number of nitrogens with zero attached hydrogens (tertiary/aromatic N) is 1. The number of imide groups is 1. The van der Waals surface area contributed by atoms with Gasteiger partial charge in [0.2, 0.25) is 11.8 Å². The van der Waals surface area contributed by atoms with Crippen LogP contribution in [-0.4, -0.2) is 28.5 Å². The number of benzene rings is 3. The number of halogens is 1. The number of amides is 2. The van der Waals surface area contributed by atoms with Crippen molar-refractivity contribution in [1.29, 1.82) is 0 Å². The van der Waals surface area contributed by atoms with Crippen LogP contribution in [0, 0.1) is 21.3 Å². The van der Waals surface area contributed by atoms with Crippen molar-refractivity contribution in [2.75, 3.05) is 4.90 Å². The molecule has 1 fully saturated rings. The highest BCUT2D eigenvalue weighted by atomic mass is 127. The lowest BCUT2D eigenvalue weighted by Crippen LogP contribution is -2.39. The van der Waals surface area contributed by atoms with Gasteiger partial charge in [-0.3, -0.25) is 24.1 Å². The van der Waals surface area contributed by atoms with Crippen LogP contribution < -0.4 is 9.64 Å². The molecule has 4 atom stereocenters. The molecule has 8 heteroatoms. The van der Waals surface area contributed by atoms with E-state index in [1.807, 2.05) is 48.5 Å². The first-order valence-electron chi connectivity index (χ1n) is 14.6. The van der Waals surface area contributed by atoms with Crippen molar-refractivity contribution in [1.82, 2.24) is 0 Å². The number of rotatable bonds is 5. The summed E-state index contributed by atoms with van der Waals surface area (Å²) in [6.07, 6.45) is 3.83. The molecule has 44 heavy (non-hydrogen) atoms. The number of hydrogen-bond donors (Lipinski definition) is 1. The third kappa shape index (κ3) is 4.63. The van der Waals surface area contributed by atoms with E-state index < -0.39 is 23.7 Å². The molecule has 0 bridgehead atoms. The topological polar surface area (TPSA) is 101 Å². The predicted molar refractivity (Wildman–Crippen MR) is 172 cm³/mol. The molecule has 4 aliphatic rings. The second kappa shape index (κ2) is 11.0. The maximum atomic E-state index is 14.0. The van der Waals surface area contributed by atoms with Crippen LogP contribution in [0.2, 0.25) is 0 Å². The number of fused-ring (bicyclic) bond motifs is 3. The number of anilines is 1. The number of carbonyl (C=O) groups is 4. The summed E-state index contributed by atoms with van der Waals surface area (Å²) in [7, 11) is 0. The molecule has 220 valence electrons. The summed E-state index contributed by atoms with van der Waals surface area (Å²) in [5.74, 6) is -3.12. The average Bonchev–Trinajstić information content (AvgIpc) is 3.28. The smallest absolute Gasteiger partial charge is 0.238 e. The first-order chi connectivity index (χ1) is 21.2. The summed E-state index contributed by atoms with van der Waals surface area (Å²) in [4.78, 5) is 56.0. The standard InChI is InChI=1S/C36H28INO6/c1-19-15-30(40)33-28(34(19)41)17-27-24(13-14-26-32(27)36(43)38(35(26)42)22-9-7-21(37)8-10-22)31(33)25-12-11-23(16-29(25)39)44-18-20-5-3-2-4-6-20/h2-13,15-16,26-27,31-32,39H,14,17-18H2,1H3. The van der Waals surface area contributed by atoms with E-state index in [9.17, 15) is 24.3 Å². The van der Waals surface area contributed by atoms with Crippen molar-refractivity contribution >= 4 is 51.7 Å². The van der Waals surface area contributed by atoms with Gasteiger partial charge in [0.05, 0.1) is 17.5 Å². The van der Waals surface area contributed by atoms with Gasteiger partial charge in [0, 0.05) is 37.8 Å². The molecule has 1 saturated heterocycles. The molecule has 4 unspecified atom stereocenters. The molecule has 1 N–H and O–H groups in total. The van der Waals surface area contributed by atoms with Crippen molar-refractivity contribution < 1.29 is 29.0 Å². The molecule has 0 spiro atoms. The van der Waals surface area contributed by atoms with Gasteiger partial charge in [-0.2, -0.15) is 0 Å². The van der Waals surface area contributed by atoms with Crippen LogP contribution in [0.5, 0.6) is 11.5 Å². The third-order valence-electron chi connectivity index (χ3n) is 9.21. The summed E-state index contributed by atoms with van der Waals surface area (Å²) in [6.45, 7) is 1.94. The lowest BCUT2D eigenvalue weighted by atomic mass is 9.59. The van der Waals surface area contributed by atoms with Gasteiger partial charge in [-0.15, -0.1) is 0 Å². The van der Waals surface area contributed by atoms with Gasteiger partial charge in [0.15, 0.2) is 11.6 Å². The Labute approximate surface area is 268 Å². The number of carbonyl (C=O) groups excluding carboxylic acids is 4. The van der Waals surface area contributed by atoms with E-state index >= 15 is 0 Å². The number of hydrogen-bond acceptors (Lipinski definition) is 6. The van der Waals surface area contributed by atoms with Crippen LogP contribution in [0.4, 0.5) is 5.69 Å². The van der Waals surface area contributed by atoms with Crippen LogP contribution in [0.15, 0.2) is 107 Å². The third-order valence-corrected chi connectivity index (χ3v) is 9.93. The molecule has 3 aromatic rings. The van der Waals surface area contributed by atoms with Gasteiger partial charge in [-0.05, 0) is 90.2 Å². The molecule has 7 nitrogen and oxygen atoms in total. The first kappa shape index (κ1) is 28.5. The lowest BCUT2D eigenvalue weighted by Gasteiger charge is -2.42. The summed E-state index contributed by atoms with van der Waals surface area (Å²) in [6, 6.07) is 21.9. The van der Waals surface area contributed by atoms with Gasteiger partial charge in [0.1, 0.15) is 18.1 Å². The highest BCUT2D eigenvalue weighted by Gasteiger charge is 2.56. The molecule has 7 rings (SSSR count). The second-order valence-corrected chi connectivity index (χ2v) is 13.0. The van der Waals surface area contributed by atoms with Gasteiger partial charge in [-0.25, -0.2) is 0 Å². The van der Waals surface area contributed by atoms with Crippen LogP contribution in [0.1, 0.15) is 36.8 Å².